The van der Waals surface area contributed by atoms with E-state index in [1.807, 2.05) is 25.1 Å². The van der Waals surface area contributed by atoms with Gasteiger partial charge < -0.3 is 4.74 Å². The molecule has 21 heavy (non-hydrogen) atoms. The second-order valence-corrected chi connectivity index (χ2v) is 6.24. The van der Waals surface area contributed by atoms with Crippen LogP contribution in [-0.2, 0) is 0 Å². The molecule has 112 valence electrons. The molecule has 0 radical (unpaired) electrons. The molecule has 0 amide bonds. The summed E-state index contributed by atoms with van der Waals surface area (Å²) in [5.41, 5.74) is 1.13. The molecule has 0 spiro atoms. The van der Waals surface area contributed by atoms with E-state index in [2.05, 4.69) is 15.9 Å². The average molecular weight is 392 g/mol. The zero-order valence-corrected chi connectivity index (χ0v) is 14.5. The molecule has 0 N–H and O–H groups in total. The van der Waals surface area contributed by atoms with E-state index in [0.717, 1.165) is 22.2 Å². The van der Waals surface area contributed by atoms with Crippen LogP contribution in [0.25, 0.3) is 0 Å². The van der Waals surface area contributed by atoms with Crippen molar-refractivity contribution in [2.24, 2.45) is 0 Å². The first-order valence-electron chi connectivity index (χ1n) is 6.54. The Morgan fingerprint density at radius 3 is 2.71 bits per heavy atom. The van der Waals surface area contributed by atoms with Gasteiger partial charge in [0, 0.05) is 5.56 Å². The van der Waals surface area contributed by atoms with Gasteiger partial charge in [-0.3, -0.25) is 0 Å². The maximum absolute atomic E-state index is 14.0. The molecule has 5 heteroatoms. The fourth-order valence-electron chi connectivity index (χ4n) is 1.90. The van der Waals surface area contributed by atoms with E-state index < -0.39 is 11.2 Å². The summed E-state index contributed by atoms with van der Waals surface area (Å²) in [6.45, 7) is 2.68. The smallest absolute Gasteiger partial charge is 0.146 e. The minimum atomic E-state index is -0.611. The molecule has 0 fully saturated rings. The molecule has 1 atom stereocenters. The van der Waals surface area contributed by atoms with Crippen molar-refractivity contribution >= 4 is 39.1 Å². The van der Waals surface area contributed by atoms with Gasteiger partial charge in [0.2, 0.25) is 0 Å². The van der Waals surface area contributed by atoms with Crippen LogP contribution in [0, 0.1) is 5.82 Å². The number of ether oxygens (including phenoxy) is 1. The van der Waals surface area contributed by atoms with Crippen LogP contribution in [0.2, 0.25) is 5.02 Å². The highest BCUT2D eigenvalue weighted by atomic mass is 79.9. The van der Waals surface area contributed by atoms with E-state index in [1.54, 1.807) is 12.1 Å². The van der Waals surface area contributed by atoms with E-state index in [-0.39, 0.29) is 5.02 Å². The average Bonchev–Trinajstić information content (AvgIpc) is 2.48. The van der Waals surface area contributed by atoms with Crippen LogP contribution in [0.15, 0.2) is 40.9 Å². The Labute approximate surface area is 142 Å². The number of hydrogen-bond acceptors (Lipinski definition) is 1. The molecule has 0 aliphatic carbocycles. The zero-order chi connectivity index (χ0) is 15.4. The minimum absolute atomic E-state index is 0.0696. The Hall–Kier alpha value is -0.770. The molecule has 0 saturated heterocycles. The lowest BCUT2D eigenvalue weighted by atomic mass is 10.0. The first-order valence-corrected chi connectivity index (χ1v) is 8.15. The SMILES string of the molecule is CCCOc1ccc(C(Cl)c2cccc(Cl)c2F)cc1Br. The monoisotopic (exact) mass is 390 g/mol. The van der Waals surface area contributed by atoms with Crippen LogP contribution < -0.4 is 4.74 Å². The molecule has 0 aliphatic heterocycles. The van der Waals surface area contributed by atoms with Crippen LogP contribution in [0.1, 0.15) is 29.8 Å². The minimum Gasteiger partial charge on any atom is -0.492 e. The highest BCUT2D eigenvalue weighted by Crippen LogP contribution is 2.36. The predicted octanol–water partition coefficient (Wildman–Crippen LogP) is 6.36. The van der Waals surface area contributed by atoms with E-state index >= 15 is 0 Å². The first-order chi connectivity index (χ1) is 10.0. The number of hydrogen-bond donors (Lipinski definition) is 0. The van der Waals surface area contributed by atoms with Crippen LogP contribution in [0.4, 0.5) is 4.39 Å². The molecular formula is C16H14BrCl2FO. The molecule has 2 aromatic rings. The van der Waals surface area contributed by atoms with Gasteiger partial charge in [-0.15, -0.1) is 11.6 Å². The topological polar surface area (TPSA) is 9.23 Å². The van der Waals surface area contributed by atoms with Crippen molar-refractivity contribution < 1.29 is 9.13 Å². The highest BCUT2D eigenvalue weighted by molar-refractivity contribution is 9.10. The Bertz CT molecular complexity index is 634. The van der Waals surface area contributed by atoms with Gasteiger partial charge in [0.15, 0.2) is 0 Å². The van der Waals surface area contributed by atoms with Gasteiger partial charge in [0.05, 0.1) is 21.5 Å². The van der Waals surface area contributed by atoms with Crippen molar-refractivity contribution in [3.63, 3.8) is 0 Å². The molecular weight excluding hydrogens is 378 g/mol. The van der Waals surface area contributed by atoms with Crippen LogP contribution in [0.5, 0.6) is 5.75 Å². The molecule has 2 aromatic carbocycles. The Morgan fingerprint density at radius 1 is 1.29 bits per heavy atom. The normalized spacial score (nSPS) is 12.2. The lowest BCUT2D eigenvalue weighted by Crippen LogP contribution is -2.00. The van der Waals surface area contributed by atoms with Crippen LogP contribution in [0.3, 0.4) is 0 Å². The largest absolute Gasteiger partial charge is 0.492 e. The van der Waals surface area contributed by atoms with Crippen LogP contribution in [-0.4, -0.2) is 6.61 Å². The maximum atomic E-state index is 14.0. The van der Waals surface area contributed by atoms with Crippen molar-refractivity contribution in [1.29, 1.82) is 0 Å². The third kappa shape index (κ3) is 3.91. The van der Waals surface area contributed by atoms with Gasteiger partial charge in [0.1, 0.15) is 11.6 Å². The molecule has 0 aromatic heterocycles. The summed E-state index contributed by atoms with van der Waals surface area (Å²) in [5.74, 6) is 0.262. The molecule has 1 nitrogen and oxygen atoms in total. The van der Waals surface area contributed by atoms with Gasteiger partial charge >= 0.3 is 0 Å². The molecule has 0 saturated carbocycles. The summed E-state index contributed by atoms with van der Waals surface area (Å²) in [4.78, 5) is 0. The Morgan fingerprint density at radius 2 is 2.05 bits per heavy atom. The summed E-state index contributed by atoms with van der Waals surface area (Å²) in [6, 6.07) is 10.3. The molecule has 0 heterocycles. The van der Waals surface area contributed by atoms with Crippen molar-refractivity contribution in [3.05, 3.63) is 62.8 Å². The van der Waals surface area contributed by atoms with E-state index in [1.165, 1.54) is 6.07 Å². The van der Waals surface area contributed by atoms with Gasteiger partial charge in [-0.1, -0.05) is 36.7 Å². The lowest BCUT2D eigenvalue weighted by Gasteiger charge is -2.14. The van der Waals surface area contributed by atoms with Gasteiger partial charge in [-0.05, 0) is 46.1 Å². The van der Waals surface area contributed by atoms with Crippen molar-refractivity contribution in [2.45, 2.75) is 18.7 Å². The standard InChI is InChI=1S/C16H14BrCl2FO/c1-2-8-21-14-7-6-10(9-12(14)17)15(19)11-4-3-5-13(18)16(11)20/h3-7,9,15H,2,8H2,1H3. The fraction of sp³-hybridized carbons (Fsp3) is 0.250. The number of halogens is 4. The summed E-state index contributed by atoms with van der Waals surface area (Å²) in [6.07, 6.45) is 0.931. The predicted molar refractivity (Wildman–Crippen MR) is 89.0 cm³/mol. The second-order valence-electron chi connectivity index (χ2n) is 4.54. The summed E-state index contributed by atoms with van der Waals surface area (Å²) >= 11 is 15.6. The van der Waals surface area contributed by atoms with Crippen molar-refractivity contribution in [2.75, 3.05) is 6.61 Å². The van der Waals surface area contributed by atoms with Gasteiger partial charge in [0.25, 0.3) is 0 Å². The number of rotatable bonds is 5. The third-order valence-corrected chi connectivity index (χ3v) is 4.36. The highest BCUT2D eigenvalue weighted by Gasteiger charge is 2.18. The molecule has 0 aliphatic rings. The Kier molecular flexibility index (Phi) is 5.91. The van der Waals surface area contributed by atoms with Gasteiger partial charge in [-0.2, -0.15) is 0 Å². The lowest BCUT2D eigenvalue weighted by molar-refractivity contribution is 0.315. The quantitative estimate of drug-likeness (QED) is 0.539. The fourth-order valence-corrected chi connectivity index (χ4v) is 2.90. The third-order valence-electron chi connectivity index (χ3n) is 2.96. The molecule has 1 unspecified atom stereocenters. The Balaban J connectivity index is 2.29. The summed E-state index contributed by atoms with van der Waals surface area (Å²) in [7, 11) is 0. The van der Waals surface area contributed by atoms with E-state index in [9.17, 15) is 4.39 Å². The van der Waals surface area contributed by atoms with Crippen molar-refractivity contribution in [3.8, 4) is 5.75 Å². The molecule has 0 bridgehead atoms. The van der Waals surface area contributed by atoms with Crippen LogP contribution >= 0.6 is 39.1 Å². The summed E-state index contributed by atoms with van der Waals surface area (Å²) in [5, 5.41) is -0.541. The van der Waals surface area contributed by atoms with Crippen molar-refractivity contribution in [1.82, 2.24) is 0 Å². The van der Waals surface area contributed by atoms with E-state index in [0.29, 0.717) is 12.2 Å². The van der Waals surface area contributed by atoms with Gasteiger partial charge in [-0.25, -0.2) is 4.39 Å². The number of benzene rings is 2. The summed E-state index contributed by atoms with van der Waals surface area (Å²) < 4.78 is 20.4. The second kappa shape index (κ2) is 7.48. The maximum Gasteiger partial charge on any atom is 0.146 e. The first kappa shape index (κ1) is 16.6. The van der Waals surface area contributed by atoms with E-state index in [4.69, 9.17) is 27.9 Å². The number of alkyl halides is 1. The zero-order valence-electron chi connectivity index (χ0n) is 11.4. The molecule has 2 rings (SSSR count).